The molecule has 6 nitrogen and oxygen atoms in total. The molecule has 0 aliphatic rings. The maximum Gasteiger partial charge on any atom is 0.411 e. The van der Waals surface area contributed by atoms with Crippen LogP contribution in [0.5, 0.6) is 0 Å². The summed E-state index contributed by atoms with van der Waals surface area (Å²) in [6.45, 7) is -1.12. The van der Waals surface area contributed by atoms with Crippen molar-refractivity contribution in [3.63, 3.8) is 0 Å². The van der Waals surface area contributed by atoms with Crippen molar-refractivity contribution in [2.24, 2.45) is 0 Å². The van der Waals surface area contributed by atoms with E-state index < -0.39 is 18.8 Å². The fourth-order valence-corrected chi connectivity index (χ4v) is 2.03. The highest BCUT2D eigenvalue weighted by atomic mass is 32.1. The Kier molecular flexibility index (Phi) is 5.88. The third kappa shape index (κ3) is 6.61. The Hall–Kier alpha value is -2.20. The van der Waals surface area contributed by atoms with Gasteiger partial charge < -0.3 is 10.1 Å². The Bertz CT molecular complexity index is 617. The second-order valence-electron chi connectivity index (χ2n) is 4.48. The number of aromatic nitrogens is 2. The molecule has 0 aliphatic carbocycles. The number of amides is 2. The van der Waals surface area contributed by atoms with E-state index in [0.29, 0.717) is 10.7 Å². The van der Waals surface area contributed by atoms with E-state index in [9.17, 15) is 18.0 Å². The van der Waals surface area contributed by atoms with Crippen LogP contribution in [0.2, 0.25) is 0 Å². The standard InChI is InChI=1S/C13H13F3N4O2S/c14-13(15,16)7-22-6-10-3-1-9(2-4-10)5-17-11(21)19-12-20-18-8-23-12/h1-4,8H,5-7H2,(H2,17,19,20,21). The number of rotatable bonds is 6. The number of anilines is 1. The van der Waals surface area contributed by atoms with Gasteiger partial charge in [-0.05, 0) is 11.1 Å². The van der Waals surface area contributed by atoms with Crippen molar-refractivity contribution in [1.29, 1.82) is 0 Å². The maximum absolute atomic E-state index is 12.0. The summed E-state index contributed by atoms with van der Waals surface area (Å²) < 4.78 is 40.4. The molecular weight excluding hydrogens is 333 g/mol. The average molecular weight is 346 g/mol. The number of hydrogen-bond donors (Lipinski definition) is 2. The first-order valence-electron chi connectivity index (χ1n) is 6.46. The minimum Gasteiger partial charge on any atom is -0.367 e. The molecule has 23 heavy (non-hydrogen) atoms. The van der Waals surface area contributed by atoms with E-state index in [4.69, 9.17) is 0 Å². The zero-order valence-electron chi connectivity index (χ0n) is 11.8. The predicted molar refractivity (Wildman–Crippen MR) is 77.9 cm³/mol. The Morgan fingerprint density at radius 3 is 2.52 bits per heavy atom. The summed E-state index contributed by atoms with van der Waals surface area (Å²) in [7, 11) is 0. The van der Waals surface area contributed by atoms with Gasteiger partial charge in [0, 0.05) is 6.54 Å². The lowest BCUT2D eigenvalue weighted by atomic mass is 10.1. The third-order valence-corrected chi connectivity index (χ3v) is 3.20. The van der Waals surface area contributed by atoms with E-state index in [1.165, 1.54) is 16.8 Å². The largest absolute Gasteiger partial charge is 0.411 e. The number of nitrogens with zero attached hydrogens (tertiary/aromatic N) is 2. The summed E-state index contributed by atoms with van der Waals surface area (Å²) in [4.78, 5) is 11.6. The van der Waals surface area contributed by atoms with E-state index in [2.05, 4.69) is 25.6 Å². The van der Waals surface area contributed by atoms with Crippen LogP contribution in [0.25, 0.3) is 0 Å². The lowest BCUT2D eigenvalue weighted by molar-refractivity contribution is -0.176. The molecule has 2 rings (SSSR count). The molecule has 2 amide bonds. The van der Waals surface area contributed by atoms with Crippen molar-refractivity contribution >= 4 is 22.5 Å². The quantitative estimate of drug-likeness (QED) is 0.843. The molecule has 2 aromatic rings. The Morgan fingerprint density at radius 2 is 1.91 bits per heavy atom. The predicted octanol–water partition coefficient (Wildman–Crippen LogP) is 2.94. The zero-order valence-corrected chi connectivity index (χ0v) is 12.6. The van der Waals surface area contributed by atoms with E-state index in [0.717, 1.165) is 5.56 Å². The first kappa shape index (κ1) is 17.2. The molecule has 0 saturated carbocycles. The third-order valence-electron chi connectivity index (χ3n) is 2.59. The highest BCUT2D eigenvalue weighted by Crippen LogP contribution is 2.16. The van der Waals surface area contributed by atoms with Gasteiger partial charge in [0.25, 0.3) is 0 Å². The number of carbonyl (C=O) groups excluding carboxylic acids is 1. The number of alkyl halides is 3. The number of ether oxygens (including phenoxy) is 1. The second kappa shape index (κ2) is 7.88. The Morgan fingerprint density at radius 1 is 1.22 bits per heavy atom. The van der Waals surface area contributed by atoms with Gasteiger partial charge in [-0.1, -0.05) is 35.6 Å². The molecule has 1 aromatic heterocycles. The molecule has 2 N–H and O–H groups in total. The van der Waals surface area contributed by atoms with Crippen LogP contribution in [0.3, 0.4) is 0 Å². The SMILES string of the molecule is O=C(NCc1ccc(COCC(F)(F)F)cc1)Nc1nncs1. The maximum atomic E-state index is 12.0. The zero-order chi connectivity index (χ0) is 16.7. The van der Waals surface area contributed by atoms with Gasteiger partial charge in [0.05, 0.1) is 6.61 Å². The van der Waals surface area contributed by atoms with E-state index in [1.807, 2.05) is 0 Å². The summed E-state index contributed by atoms with van der Waals surface area (Å²) in [5.74, 6) is 0. The Labute approximate surface area is 133 Å². The van der Waals surface area contributed by atoms with Crippen molar-refractivity contribution in [2.45, 2.75) is 19.3 Å². The van der Waals surface area contributed by atoms with Crippen LogP contribution < -0.4 is 10.6 Å². The normalized spacial score (nSPS) is 11.3. The molecular formula is C13H13F3N4O2S. The van der Waals surface area contributed by atoms with Crippen LogP contribution in [-0.2, 0) is 17.9 Å². The Balaban J connectivity index is 1.73. The molecule has 0 atom stereocenters. The number of carbonyl (C=O) groups is 1. The highest BCUT2D eigenvalue weighted by molar-refractivity contribution is 7.13. The summed E-state index contributed by atoms with van der Waals surface area (Å²) >= 11 is 1.20. The highest BCUT2D eigenvalue weighted by Gasteiger charge is 2.27. The number of halogens is 3. The van der Waals surface area contributed by atoms with Crippen LogP contribution in [0.4, 0.5) is 23.1 Å². The van der Waals surface area contributed by atoms with Crippen molar-refractivity contribution in [3.8, 4) is 0 Å². The summed E-state index contributed by atoms with van der Waals surface area (Å²) in [6.07, 6.45) is -4.33. The molecule has 0 bridgehead atoms. The van der Waals surface area contributed by atoms with Gasteiger partial charge >= 0.3 is 12.2 Å². The number of nitrogens with one attached hydrogen (secondary N) is 2. The van der Waals surface area contributed by atoms with Crippen LogP contribution in [0.15, 0.2) is 29.8 Å². The molecule has 10 heteroatoms. The van der Waals surface area contributed by atoms with E-state index >= 15 is 0 Å². The molecule has 0 saturated heterocycles. The van der Waals surface area contributed by atoms with Gasteiger partial charge in [-0.15, -0.1) is 10.2 Å². The first-order valence-corrected chi connectivity index (χ1v) is 7.34. The fraction of sp³-hybridized carbons (Fsp3) is 0.308. The van der Waals surface area contributed by atoms with Crippen LogP contribution >= 0.6 is 11.3 Å². The van der Waals surface area contributed by atoms with Gasteiger partial charge in [-0.3, -0.25) is 5.32 Å². The fourth-order valence-electron chi connectivity index (χ4n) is 1.59. The van der Waals surface area contributed by atoms with Gasteiger partial charge in [-0.2, -0.15) is 13.2 Å². The van der Waals surface area contributed by atoms with Gasteiger partial charge in [0.15, 0.2) is 0 Å². The van der Waals surface area contributed by atoms with Gasteiger partial charge in [0.2, 0.25) is 5.13 Å². The van der Waals surface area contributed by atoms with Crippen molar-refractivity contribution in [2.75, 3.05) is 11.9 Å². The smallest absolute Gasteiger partial charge is 0.367 e. The lowest BCUT2D eigenvalue weighted by Crippen LogP contribution is -2.28. The molecule has 0 aliphatic heterocycles. The average Bonchev–Trinajstić information content (AvgIpc) is 2.98. The molecule has 0 fully saturated rings. The molecule has 1 aromatic carbocycles. The van der Waals surface area contributed by atoms with Crippen molar-refractivity contribution < 1.29 is 22.7 Å². The van der Waals surface area contributed by atoms with E-state index in [-0.39, 0.29) is 13.2 Å². The summed E-state index contributed by atoms with van der Waals surface area (Å²) in [6, 6.07) is 6.29. The molecule has 1 heterocycles. The van der Waals surface area contributed by atoms with Crippen LogP contribution in [0.1, 0.15) is 11.1 Å². The van der Waals surface area contributed by atoms with Gasteiger partial charge in [0.1, 0.15) is 12.1 Å². The lowest BCUT2D eigenvalue weighted by Gasteiger charge is -2.09. The summed E-state index contributed by atoms with van der Waals surface area (Å²) in [5.41, 5.74) is 2.92. The topological polar surface area (TPSA) is 76.1 Å². The van der Waals surface area contributed by atoms with Crippen LogP contribution in [0, 0.1) is 0 Å². The van der Waals surface area contributed by atoms with E-state index in [1.54, 1.807) is 24.3 Å². The van der Waals surface area contributed by atoms with Gasteiger partial charge in [-0.25, -0.2) is 4.79 Å². The minimum absolute atomic E-state index is 0.120. The second-order valence-corrected chi connectivity index (χ2v) is 5.31. The number of urea groups is 1. The first-order chi connectivity index (χ1) is 10.9. The number of benzene rings is 1. The van der Waals surface area contributed by atoms with Crippen LogP contribution in [-0.4, -0.2) is 29.0 Å². The van der Waals surface area contributed by atoms with Crippen molar-refractivity contribution in [1.82, 2.24) is 15.5 Å². The molecule has 0 radical (unpaired) electrons. The molecule has 124 valence electrons. The summed E-state index contributed by atoms with van der Waals surface area (Å²) in [5, 5.41) is 12.8. The number of hydrogen-bond acceptors (Lipinski definition) is 5. The molecule has 0 spiro atoms. The molecule has 0 unspecified atom stereocenters. The van der Waals surface area contributed by atoms with Crippen molar-refractivity contribution in [3.05, 3.63) is 40.9 Å². The minimum atomic E-state index is -4.33. The monoisotopic (exact) mass is 346 g/mol.